The van der Waals surface area contributed by atoms with Crippen molar-refractivity contribution in [3.8, 4) is 0 Å². The van der Waals surface area contributed by atoms with Crippen LogP contribution in [0.2, 0.25) is 0 Å². The Kier molecular flexibility index (Phi) is 7.88. The van der Waals surface area contributed by atoms with Gasteiger partial charge in [0.05, 0.1) is 0 Å². The van der Waals surface area contributed by atoms with Crippen molar-refractivity contribution in [1.82, 2.24) is 0 Å². The number of carbonyl (C=O) groups is 2. The molecule has 0 aliphatic rings. The van der Waals surface area contributed by atoms with Gasteiger partial charge in [0.25, 0.3) is 0 Å². The highest BCUT2D eigenvalue weighted by molar-refractivity contribution is 5.82. The van der Waals surface area contributed by atoms with Crippen LogP contribution in [0.25, 0.3) is 0 Å². The van der Waals surface area contributed by atoms with Gasteiger partial charge in [0.1, 0.15) is 24.3 Å². The molecule has 0 aromatic heterocycles. The third kappa shape index (κ3) is 6.76. The van der Waals surface area contributed by atoms with Crippen LogP contribution in [0.5, 0.6) is 0 Å². The molecule has 0 heterocycles. The molecule has 2 aromatic carbocycles. The Morgan fingerprint density at radius 1 is 1.04 bits per heavy atom. The Morgan fingerprint density at radius 3 is 2.12 bits per heavy atom. The number of rotatable bonds is 5. The van der Waals surface area contributed by atoms with Gasteiger partial charge in [0.2, 0.25) is 0 Å². The van der Waals surface area contributed by atoms with Gasteiger partial charge >= 0.3 is 0 Å². The minimum atomic E-state index is -1.21. The summed E-state index contributed by atoms with van der Waals surface area (Å²) in [4.78, 5) is 21.4. The molecule has 2 aromatic rings. The summed E-state index contributed by atoms with van der Waals surface area (Å²) < 4.78 is 25.1. The van der Waals surface area contributed by atoms with Gasteiger partial charge in [-0.2, -0.15) is 0 Å². The second-order valence-electron chi connectivity index (χ2n) is 5.07. The van der Waals surface area contributed by atoms with Gasteiger partial charge in [0, 0.05) is 6.42 Å². The van der Waals surface area contributed by atoms with Crippen molar-refractivity contribution in [3.05, 3.63) is 71.3 Å². The number of halogens is 2. The highest BCUT2D eigenvalue weighted by atomic mass is 19.1. The molecule has 0 amide bonds. The predicted octanol–water partition coefficient (Wildman–Crippen LogP) is 2.38. The molecule has 0 spiro atoms. The van der Waals surface area contributed by atoms with E-state index in [2.05, 4.69) is 0 Å². The second kappa shape index (κ2) is 9.64. The van der Waals surface area contributed by atoms with E-state index in [1.54, 1.807) is 6.07 Å². The second-order valence-corrected chi connectivity index (χ2v) is 5.07. The molecule has 1 atom stereocenters. The smallest absolute Gasteiger partial charge is 0.162 e. The number of ketones is 2. The molecule has 2 rings (SSSR count). The molecule has 0 bridgehead atoms. The summed E-state index contributed by atoms with van der Waals surface area (Å²) in [5.41, 5.74) is 0.886. The fourth-order valence-electron chi connectivity index (χ4n) is 1.84. The maximum absolute atomic E-state index is 12.6. The van der Waals surface area contributed by atoms with E-state index in [9.17, 15) is 23.5 Å². The number of aliphatic hydroxyl groups is 2. The average molecular weight is 336 g/mol. The average Bonchev–Trinajstić information content (AvgIpc) is 2.54. The SMILES string of the molecule is CC(=O)[C@H](O)c1cccc(F)c1.O=C(CO)Cc1cccc(F)c1. The molecule has 0 saturated carbocycles. The van der Waals surface area contributed by atoms with Gasteiger partial charge in [-0.15, -0.1) is 0 Å². The maximum atomic E-state index is 12.6. The molecule has 4 nitrogen and oxygen atoms in total. The van der Waals surface area contributed by atoms with E-state index >= 15 is 0 Å². The first-order valence-corrected chi connectivity index (χ1v) is 7.14. The molecule has 0 aliphatic heterocycles. The molecule has 24 heavy (non-hydrogen) atoms. The minimum absolute atomic E-state index is 0.0915. The van der Waals surface area contributed by atoms with E-state index in [4.69, 9.17) is 5.11 Å². The van der Waals surface area contributed by atoms with E-state index in [0.717, 1.165) is 6.07 Å². The third-order valence-corrected chi connectivity index (χ3v) is 3.02. The molecule has 128 valence electrons. The number of aliphatic hydroxyl groups excluding tert-OH is 2. The molecule has 0 aliphatic carbocycles. The lowest BCUT2D eigenvalue weighted by atomic mass is 10.1. The van der Waals surface area contributed by atoms with Crippen LogP contribution < -0.4 is 0 Å². The highest BCUT2D eigenvalue weighted by Gasteiger charge is 2.12. The zero-order chi connectivity index (χ0) is 18.1. The number of carbonyl (C=O) groups excluding carboxylic acids is 2. The summed E-state index contributed by atoms with van der Waals surface area (Å²) in [6.45, 7) is 0.770. The van der Waals surface area contributed by atoms with E-state index in [1.165, 1.54) is 43.3 Å². The monoisotopic (exact) mass is 336 g/mol. The molecule has 0 radical (unpaired) electrons. The third-order valence-electron chi connectivity index (χ3n) is 3.02. The van der Waals surface area contributed by atoms with Gasteiger partial charge in [-0.3, -0.25) is 9.59 Å². The summed E-state index contributed by atoms with van der Waals surface area (Å²) in [5.74, 6) is -1.51. The molecule has 0 fully saturated rings. The minimum Gasteiger partial charge on any atom is -0.389 e. The van der Waals surface area contributed by atoms with Crippen LogP contribution in [-0.4, -0.2) is 28.4 Å². The summed E-state index contributed by atoms with van der Waals surface area (Å²) in [5, 5.41) is 17.6. The summed E-state index contributed by atoms with van der Waals surface area (Å²) in [6.07, 6.45) is -1.12. The number of Topliss-reactive ketones (excluding diaryl/α,β-unsaturated/α-hetero) is 2. The van der Waals surface area contributed by atoms with Crippen molar-refractivity contribution in [2.45, 2.75) is 19.4 Å². The standard InChI is InChI=1S/2C9H9FO2/c1-6(11)9(12)7-3-2-4-8(10)5-7;10-8-3-1-2-7(4-8)5-9(12)6-11/h2-5,9,12H,1H3;1-4,11H,5-6H2/t9-;/m0./s1. The number of hydrogen-bond donors (Lipinski definition) is 2. The van der Waals surface area contributed by atoms with Crippen LogP contribution in [0.3, 0.4) is 0 Å². The topological polar surface area (TPSA) is 74.6 Å². The Hall–Kier alpha value is -2.44. The fourth-order valence-corrected chi connectivity index (χ4v) is 1.84. The van der Waals surface area contributed by atoms with E-state index in [-0.39, 0.29) is 23.8 Å². The van der Waals surface area contributed by atoms with Crippen molar-refractivity contribution in [2.75, 3.05) is 6.61 Å². The van der Waals surface area contributed by atoms with Crippen molar-refractivity contribution in [1.29, 1.82) is 0 Å². The van der Waals surface area contributed by atoms with E-state index in [1.807, 2.05) is 0 Å². The zero-order valence-corrected chi connectivity index (χ0v) is 13.1. The van der Waals surface area contributed by atoms with Gasteiger partial charge in [0.15, 0.2) is 11.6 Å². The molecule has 0 unspecified atom stereocenters. The van der Waals surface area contributed by atoms with Crippen molar-refractivity contribution >= 4 is 11.6 Å². The largest absolute Gasteiger partial charge is 0.389 e. The lowest BCUT2D eigenvalue weighted by Gasteiger charge is -2.05. The first kappa shape index (κ1) is 19.6. The Bertz CT molecular complexity index is 699. The first-order chi connectivity index (χ1) is 11.3. The van der Waals surface area contributed by atoms with Crippen molar-refractivity contribution in [2.24, 2.45) is 0 Å². The maximum Gasteiger partial charge on any atom is 0.162 e. The first-order valence-electron chi connectivity index (χ1n) is 7.14. The van der Waals surface area contributed by atoms with Crippen LogP contribution in [0.1, 0.15) is 24.2 Å². The summed E-state index contributed by atoms with van der Waals surface area (Å²) in [7, 11) is 0. The molecule has 2 N–H and O–H groups in total. The van der Waals surface area contributed by atoms with Crippen molar-refractivity contribution < 1.29 is 28.6 Å². The summed E-state index contributed by atoms with van der Waals surface area (Å²) in [6, 6.07) is 11.2. The van der Waals surface area contributed by atoms with Crippen LogP contribution in [0, 0.1) is 11.6 Å². The van der Waals surface area contributed by atoms with Crippen LogP contribution >= 0.6 is 0 Å². The molecular weight excluding hydrogens is 318 g/mol. The molecule has 6 heteroatoms. The fraction of sp³-hybridized carbons (Fsp3) is 0.222. The molecular formula is C18H18F2O4. The van der Waals surface area contributed by atoms with Gasteiger partial charge in [-0.05, 0) is 42.3 Å². The van der Waals surface area contributed by atoms with Crippen LogP contribution in [-0.2, 0) is 16.0 Å². The summed E-state index contributed by atoms with van der Waals surface area (Å²) >= 11 is 0. The number of benzene rings is 2. The van der Waals surface area contributed by atoms with Gasteiger partial charge < -0.3 is 10.2 Å². The highest BCUT2D eigenvalue weighted by Crippen LogP contribution is 2.14. The number of hydrogen-bond acceptors (Lipinski definition) is 4. The van der Waals surface area contributed by atoms with Gasteiger partial charge in [-0.25, -0.2) is 8.78 Å². The zero-order valence-electron chi connectivity index (χ0n) is 13.1. The van der Waals surface area contributed by atoms with E-state index in [0.29, 0.717) is 11.1 Å². The van der Waals surface area contributed by atoms with Crippen LogP contribution in [0.15, 0.2) is 48.5 Å². The van der Waals surface area contributed by atoms with E-state index < -0.39 is 18.5 Å². The Morgan fingerprint density at radius 2 is 1.62 bits per heavy atom. The normalized spacial score (nSPS) is 11.2. The van der Waals surface area contributed by atoms with Crippen LogP contribution in [0.4, 0.5) is 8.78 Å². The lowest BCUT2D eigenvalue weighted by Crippen LogP contribution is -2.07. The molecule has 0 saturated heterocycles. The quantitative estimate of drug-likeness (QED) is 0.879. The van der Waals surface area contributed by atoms with Crippen molar-refractivity contribution in [3.63, 3.8) is 0 Å². The lowest BCUT2D eigenvalue weighted by molar-refractivity contribution is -0.125. The Labute approximate surface area is 138 Å². The Balaban J connectivity index is 0.000000240. The predicted molar refractivity (Wildman–Crippen MR) is 84.2 cm³/mol. The van der Waals surface area contributed by atoms with Gasteiger partial charge in [-0.1, -0.05) is 24.3 Å².